The van der Waals surface area contributed by atoms with Gasteiger partial charge in [0.15, 0.2) is 6.10 Å². The van der Waals surface area contributed by atoms with Crippen molar-refractivity contribution in [3.8, 4) is 17.6 Å². The Kier molecular flexibility index (Phi) is 6.41. The summed E-state index contributed by atoms with van der Waals surface area (Å²) in [5.74, 6) is 1.19. The third-order valence-electron chi connectivity index (χ3n) is 3.65. The predicted octanol–water partition coefficient (Wildman–Crippen LogP) is 3.38. The second-order valence-electron chi connectivity index (χ2n) is 5.67. The van der Waals surface area contributed by atoms with Crippen LogP contribution in [0, 0.1) is 11.3 Å². The number of amides is 1. The molecule has 2 aromatic rings. The summed E-state index contributed by atoms with van der Waals surface area (Å²) in [6.45, 7) is 4.75. The van der Waals surface area contributed by atoms with E-state index in [1.165, 1.54) is 0 Å². The molecule has 0 fully saturated rings. The van der Waals surface area contributed by atoms with Crippen LogP contribution in [0.15, 0.2) is 48.5 Å². The summed E-state index contributed by atoms with van der Waals surface area (Å²) in [6, 6.07) is 16.5. The Morgan fingerprint density at radius 2 is 1.92 bits per heavy atom. The van der Waals surface area contributed by atoms with E-state index in [2.05, 4.69) is 6.07 Å². The van der Waals surface area contributed by atoms with Crippen LogP contribution in [0.5, 0.6) is 11.5 Å². The monoisotopic (exact) mass is 338 g/mol. The molecule has 0 N–H and O–H groups in total. The van der Waals surface area contributed by atoms with Crippen LogP contribution in [0.4, 0.5) is 0 Å². The minimum Gasteiger partial charge on any atom is -0.494 e. The second kappa shape index (κ2) is 8.74. The molecule has 0 saturated carbocycles. The Morgan fingerprint density at radius 1 is 1.20 bits per heavy atom. The average Bonchev–Trinajstić information content (AvgIpc) is 2.63. The normalized spacial score (nSPS) is 11.3. The van der Waals surface area contributed by atoms with Crippen molar-refractivity contribution in [1.29, 1.82) is 5.26 Å². The zero-order valence-electron chi connectivity index (χ0n) is 14.7. The predicted molar refractivity (Wildman–Crippen MR) is 95.3 cm³/mol. The van der Waals surface area contributed by atoms with Crippen molar-refractivity contribution in [1.82, 2.24) is 4.90 Å². The van der Waals surface area contributed by atoms with Gasteiger partial charge in [-0.3, -0.25) is 4.79 Å². The molecule has 1 amide bonds. The van der Waals surface area contributed by atoms with Crippen LogP contribution < -0.4 is 9.47 Å². The summed E-state index contributed by atoms with van der Waals surface area (Å²) in [5.41, 5.74) is 1.51. The quantitative estimate of drug-likeness (QED) is 0.776. The zero-order chi connectivity index (χ0) is 18.2. The molecule has 0 saturated heterocycles. The lowest BCUT2D eigenvalue weighted by Gasteiger charge is -2.22. The number of benzene rings is 2. The maximum absolute atomic E-state index is 12.5. The highest BCUT2D eigenvalue weighted by Gasteiger charge is 2.19. The van der Waals surface area contributed by atoms with Gasteiger partial charge in [0, 0.05) is 13.6 Å². The number of likely N-dealkylation sites (N-methyl/N-ethyl adjacent to an activating group) is 1. The summed E-state index contributed by atoms with van der Waals surface area (Å²) >= 11 is 0. The number of hydrogen-bond donors (Lipinski definition) is 0. The minimum atomic E-state index is -0.637. The van der Waals surface area contributed by atoms with E-state index >= 15 is 0 Å². The topological polar surface area (TPSA) is 62.6 Å². The van der Waals surface area contributed by atoms with Crippen LogP contribution in [-0.2, 0) is 11.3 Å². The lowest BCUT2D eigenvalue weighted by atomic mass is 10.2. The molecule has 2 rings (SSSR count). The maximum Gasteiger partial charge on any atom is 0.263 e. The molecule has 130 valence electrons. The average molecular weight is 338 g/mol. The van der Waals surface area contributed by atoms with Crippen LogP contribution in [0.1, 0.15) is 25.0 Å². The Morgan fingerprint density at radius 3 is 2.56 bits per heavy atom. The molecule has 5 nitrogen and oxygen atoms in total. The summed E-state index contributed by atoms with van der Waals surface area (Å²) in [5, 5.41) is 8.92. The summed E-state index contributed by atoms with van der Waals surface area (Å²) < 4.78 is 11.1. The van der Waals surface area contributed by atoms with E-state index < -0.39 is 6.10 Å². The van der Waals surface area contributed by atoms with Gasteiger partial charge in [-0.1, -0.05) is 18.2 Å². The maximum atomic E-state index is 12.5. The van der Waals surface area contributed by atoms with Gasteiger partial charge in [0.25, 0.3) is 5.91 Å². The first-order valence-electron chi connectivity index (χ1n) is 8.17. The van der Waals surface area contributed by atoms with E-state index in [-0.39, 0.29) is 5.91 Å². The standard InChI is InChI=1S/C20H22N2O3/c1-4-24-18-10-8-16(9-11-18)14-22(3)20(23)15(2)25-19-7-5-6-17(12-19)13-21/h5-12,15H,4,14H2,1-3H3. The van der Waals surface area contributed by atoms with Crippen LogP contribution in [0.2, 0.25) is 0 Å². The van der Waals surface area contributed by atoms with Gasteiger partial charge in [-0.2, -0.15) is 5.26 Å². The molecule has 5 heteroatoms. The molecule has 0 aliphatic carbocycles. The number of carbonyl (C=O) groups excluding carboxylic acids is 1. The van der Waals surface area contributed by atoms with Gasteiger partial charge < -0.3 is 14.4 Å². The molecule has 0 radical (unpaired) electrons. The van der Waals surface area contributed by atoms with Gasteiger partial charge in [0.1, 0.15) is 11.5 Å². The van der Waals surface area contributed by atoms with E-state index in [1.807, 2.05) is 31.2 Å². The molecule has 0 aliphatic heterocycles. The van der Waals surface area contributed by atoms with Crippen molar-refractivity contribution >= 4 is 5.91 Å². The fourth-order valence-electron chi connectivity index (χ4n) is 2.41. The van der Waals surface area contributed by atoms with Crippen molar-refractivity contribution in [2.45, 2.75) is 26.5 Å². The van der Waals surface area contributed by atoms with Gasteiger partial charge >= 0.3 is 0 Å². The Labute approximate surface area is 148 Å². The first-order valence-corrected chi connectivity index (χ1v) is 8.17. The Balaban J connectivity index is 1.95. The van der Waals surface area contributed by atoms with Crippen LogP contribution in [0.3, 0.4) is 0 Å². The molecule has 2 aromatic carbocycles. The molecular formula is C20H22N2O3. The second-order valence-corrected chi connectivity index (χ2v) is 5.67. The number of hydrogen-bond acceptors (Lipinski definition) is 4. The van der Waals surface area contributed by atoms with E-state index in [4.69, 9.17) is 14.7 Å². The zero-order valence-corrected chi connectivity index (χ0v) is 14.7. The number of nitriles is 1. The highest BCUT2D eigenvalue weighted by molar-refractivity contribution is 5.80. The Bertz CT molecular complexity index is 750. The number of rotatable bonds is 7. The lowest BCUT2D eigenvalue weighted by molar-refractivity contribution is -0.137. The summed E-state index contributed by atoms with van der Waals surface area (Å²) in [7, 11) is 1.74. The minimum absolute atomic E-state index is 0.128. The molecule has 0 aliphatic rings. The third-order valence-corrected chi connectivity index (χ3v) is 3.65. The molecule has 1 atom stereocenters. The summed E-state index contributed by atoms with van der Waals surface area (Å²) in [6.07, 6.45) is -0.637. The van der Waals surface area contributed by atoms with Gasteiger partial charge in [-0.15, -0.1) is 0 Å². The molecule has 0 aromatic heterocycles. The molecule has 1 unspecified atom stereocenters. The van der Waals surface area contributed by atoms with Crippen LogP contribution in [-0.4, -0.2) is 30.6 Å². The first kappa shape index (κ1) is 18.3. The SMILES string of the molecule is CCOc1ccc(CN(C)C(=O)C(C)Oc2cccc(C#N)c2)cc1. The molecule has 0 bridgehead atoms. The van der Waals surface area contributed by atoms with Crippen molar-refractivity contribution < 1.29 is 14.3 Å². The fraction of sp³-hybridized carbons (Fsp3) is 0.300. The van der Waals surface area contributed by atoms with Gasteiger partial charge in [0.05, 0.1) is 18.2 Å². The summed E-state index contributed by atoms with van der Waals surface area (Å²) in [4.78, 5) is 14.1. The van der Waals surface area contributed by atoms with E-state index in [9.17, 15) is 4.79 Å². The van der Waals surface area contributed by atoms with E-state index in [0.29, 0.717) is 24.5 Å². The van der Waals surface area contributed by atoms with Crippen molar-refractivity contribution in [3.05, 3.63) is 59.7 Å². The fourth-order valence-corrected chi connectivity index (χ4v) is 2.41. The van der Waals surface area contributed by atoms with Crippen LogP contribution >= 0.6 is 0 Å². The van der Waals surface area contributed by atoms with Gasteiger partial charge in [-0.25, -0.2) is 0 Å². The van der Waals surface area contributed by atoms with E-state index in [1.54, 1.807) is 43.1 Å². The Hall–Kier alpha value is -3.00. The molecule has 25 heavy (non-hydrogen) atoms. The molecular weight excluding hydrogens is 316 g/mol. The number of ether oxygens (including phenoxy) is 2. The van der Waals surface area contributed by atoms with Gasteiger partial charge in [0.2, 0.25) is 0 Å². The van der Waals surface area contributed by atoms with Crippen molar-refractivity contribution in [2.24, 2.45) is 0 Å². The van der Waals surface area contributed by atoms with E-state index in [0.717, 1.165) is 11.3 Å². The van der Waals surface area contributed by atoms with Crippen molar-refractivity contribution in [2.75, 3.05) is 13.7 Å². The largest absolute Gasteiger partial charge is 0.494 e. The third kappa shape index (κ3) is 5.25. The lowest BCUT2D eigenvalue weighted by Crippen LogP contribution is -2.37. The molecule has 0 heterocycles. The number of carbonyl (C=O) groups is 1. The smallest absolute Gasteiger partial charge is 0.263 e. The number of nitrogens with zero attached hydrogens (tertiary/aromatic N) is 2. The van der Waals surface area contributed by atoms with Gasteiger partial charge in [-0.05, 0) is 49.7 Å². The first-order chi connectivity index (χ1) is 12.0. The van der Waals surface area contributed by atoms with Crippen LogP contribution in [0.25, 0.3) is 0 Å². The molecule has 0 spiro atoms. The highest BCUT2D eigenvalue weighted by atomic mass is 16.5. The highest BCUT2D eigenvalue weighted by Crippen LogP contribution is 2.16. The van der Waals surface area contributed by atoms with Crippen molar-refractivity contribution in [3.63, 3.8) is 0 Å².